The molecule has 110 valence electrons. The molecule has 0 fully saturated rings. The lowest BCUT2D eigenvalue weighted by atomic mass is 10.1. The van der Waals surface area contributed by atoms with Crippen molar-refractivity contribution in [2.24, 2.45) is 0 Å². The summed E-state index contributed by atoms with van der Waals surface area (Å²) in [7, 11) is 1.51. The fraction of sp³-hybridized carbons (Fsp3) is 0.133. The fourth-order valence-corrected chi connectivity index (χ4v) is 2.06. The van der Waals surface area contributed by atoms with Crippen LogP contribution in [0.1, 0.15) is 15.9 Å². The van der Waals surface area contributed by atoms with Gasteiger partial charge >= 0.3 is 0 Å². The molecule has 2 rings (SSSR count). The minimum Gasteiger partial charge on any atom is -0.381 e. The predicted molar refractivity (Wildman–Crippen MR) is 78.5 cm³/mol. The number of halogens is 3. The van der Waals surface area contributed by atoms with Crippen molar-refractivity contribution in [3.05, 3.63) is 64.2 Å². The number of nitrogens with one attached hydrogen (secondary N) is 2. The Morgan fingerprint density at radius 3 is 2.43 bits per heavy atom. The zero-order chi connectivity index (χ0) is 15.4. The van der Waals surface area contributed by atoms with Crippen LogP contribution in [-0.4, -0.2) is 13.0 Å². The summed E-state index contributed by atoms with van der Waals surface area (Å²) in [6.07, 6.45) is 0. The van der Waals surface area contributed by atoms with Gasteiger partial charge in [0.15, 0.2) is 0 Å². The molecule has 0 bridgehead atoms. The number of benzene rings is 2. The van der Waals surface area contributed by atoms with Crippen molar-refractivity contribution < 1.29 is 13.6 Å². The standard InChI is InChI=1S/C15H13ClF2N2O/c1-19-15(21)13-7-12(2-3-14(13)16)20-8-9-4-10(17)6-11(18)5-9/h2-7,20H,8H2,1H3,(H,19,21). The van der Waals surface area contributed by atoms with Crippen molar-refractivity contribution >= 4 is 23.2 Å². The molecule has 0 atom stereocenters. The summed E-state index contributed by atoms with van der Waals surface area (Å²) in [5, 5.41) is 5.81. The van der Waals surface area contributed by atoms with Gasteiger partial charge in [-0.2, -0.15) is 0 Å². The van der Waals surface area contributed by atoms with Crippen molar-refractivity contribution in [3.63, 3.8) is 0 Å². The van der Waals surface area contributed by atoms with E-state index in [1.165, 1.54) is 19.2 Å². The Morgan fingerprint density at radius 2 is 1.81 bits per heavy atom. The van der Waals surface area contributed by atoms with Crippen LogP contribution >= 0.6 is 11.6 Å². The van der Waals surface area contributed by atoms with Crippen LogP contribution in [-0.2, 0) is 6.54 Å². The molecule has 2 N–H and O–H groups in total. The third kappa shape index (κ3) is 3.92. The summed E-state index contributed by atoms with van der Waals surface area (Å²) < 4.78 is 26.2. The molecule has 6 heteroatoms. The normalized spacial score (nSPS) is 10.3. The Kier molecular flexibility index (Phi) is 4.75. The number of hydrogen-bond donors (Lipinski definition) is 2. The van der Waals surface area contributed by atoms with Crippen LogP contribution < -0.4 is 10.6 Å². The maximum absolute atomic E-state index is 13.1. The van der Waals surface area contributed by atoms with Gasteiger partial charge in [0.1, 0.15) is 11.6 Å². The molecule has 0 aliphatic carbocycles. The van der Waals surface area contributed by atoms with Gasteiger partial charge in [-0.25, -0.2) is 8.78 Å². The molecule has 0 saturated heterocycles. The van der Waals surface area contributed by atoms with E-state index >= 15 is 0 Å². The van der Waals surface area contributed by atoms with E-state index in [1.807, 2.05) is 0 Å². The molecule has 0 aliphatic rings. The zero-order valence-corrected chi connectivity index (χ0v) is 12.0. The minimum atomic E-state index is -0.631. The molecule has 0 heterocycles. The van der Waals surface area contributed by atoms with Gasteiger partial charge in [-0.05, 0) is 35.9 Å². The van der Waals surface area contributed by atoms with Crippen LogP contribution in [0, 0.1) is 11.6 Å². The molecule has 0 radical (unpaired) electrons. The summed E-state index contributed by atoms with van der Waals surface area (Å²) in [6.45, 7) is 0.226. The Balaban J connectivity index is 2.15. The molecule has 0 unspecified atom stereocenters. The lowest BCUT2D eigenvalue weighted by Gasteiger charge is -2.10. The molecule has 0 spiro atoms. The molecular weight excluding hydrogens is 298 g/mol. The highest BCUT2D eigenvalue weighted by atomic mass is 35.5. The molecule has 1 amide bonds. The van der Waals surface area contributed by atoms with Gasteiger partial charge in [0.2, 0.25) is 0 Å². The highest BCUT2D eigenvalue weighted by Gasteiger charge is 2.09. The summed E-state index contributed by atoms with van der Waals surface area (Å²) in [6, 6.07) is 8.15. The number of rotatable bonds is 4. The third-order valence-corrected chi connectivity index (χ3v) is 3.19. The zero-order valence-electron chi connectivity index (χ0n) is 11.2. The molecular formula is C15H13ClF2N2O. The van der Waals surface area contributed by atoms with Crippen molar-refractivity contribution in [2.45, 2.75) is 6.54 Å². The van der Waals surface area contributed by atoms with Crippen LogP contribution in [0.25, 0.3) is 0 Å². The first-order valence-corrected chi connectivity index (χ1v) is 6.58. The quantitative estimate of drug-likeness (QED) is 0.906. The molecule has 3 nitrogen and oxygen atoms in total. The summed E-state index contributed by atoms with van der Waals surface area (Å²) in [4.78, 5) is 11.6. The highest BCUT2D eigenvalue weighted by Crippen LogP contribution is 2.21. The third-order valence-electron chi connectivity index (χ3n) is 2.86. The smallest absolute Gasteiger partial charge is 0.252 e. The maximum atomic E-state index is 13.1. The summed E-state index contributed by atoms with van der Waals surface area (Å²) >= 11 is 5.94. The second kappa shape index (κ2) is 6.54. The van der Waals surface area contributed by atoms with Crippen LogP contribution in [0.3, 0.4) is 0 Å². The van der Waals surface area contributed by atoms with E-state index in [2.05, 4.69) is 10.6 Å². The number of carbonyl (C=O) groups is 1. The molecule has 21 heavy (non-hydrogen) atoms. The van der Waals surface area contributed by atoms with Gasteiger partial charge in [-0.3, -0.25) is 4.79 Å². The first-order valence-electron chi connectivity index (χ1n) is 6.20. The number of carbonyl (C=O) groups excluding carboxylic acids is 1. The lowest BCUT2D eigenvalue weighted by Crippen LogP contribution is -2.18. The van der Waals surface area contributed by atoms with Crippen molar-refractivity contribution in [1.29, 1.82) is 0 Å². The van der Waals surface area contributed by atoms with E-state index in [4.69, 9.17) is 11.6 Å². The summed E-state index contributed by atoms with van der Waals surface area (Å²) in [5.41, 5.74) is 1.42. The van der Waals surface area contributed by atoms with Gasteiger partial charge in [0.05, 0.1) is 10.6 Å². The van der Waals surface area contributed by atoms with Crippen LogP contribution in [0.4, 0.5) is 14.5 Å². The second-order valence-corrected chi connectivity index (χ2v) is 4.81. The Hall–Kier alpha value is -2.14. The van der Waals surface area contributed by atoms with E-state index < -0.39 is 11.6 Å². The van der Waals surface area contributed by atoms with Crippen LogP contribution in [0.2, 0.25) is 5.02 Å². The first kappa shape index (κ1) is 15.3. The molecule has 2 aromatic carbocycles. The van der Waals surface area contributed by atoms with Crippen LogP contribution in [0.15, 0.2) is 36.4 Å². The summed E-state index contributed by atoms with van der Waals surface area (Å²) in [5.74, 6) is -1.57. The van der Waals surface area contributed by atoms with Gasteiger partial charge < -0.3 is 10.6 Å². The van der Waals surface area contributed by atoms with Crippen LogP contribution in [0.5, 0.6) is 0 Å². The van der Waals surface area contributed by atoms with E-state index in [0.717, 1.165) is 6.07 Å². The Morgan fingerprint density at radius 1 is 1.14 bits per heavy atom. The number of amides is 1. The lowest BCUT2D eigenvalue weighted by molar-refractivity contribution is 0.0963. The molecule has 0 saturated carbocycles. The molecule has 0 aromatic heterocycles. The van der Waals surface area contributed by atoms with E-state index in [0.29, 0.717) is 21.8 Å². The van der Waals surface area contributed by atoms with E-state index in [-0.39, 0.29) is 12.5 Å². The van der Waals surface area contributed by atoms with Gasteiger partial charge in [0, 0.05) is 25.3 Å². The molecule has 0 aliphatic heterocycles. The Labute approximate surface area is 125 Å². The van der Waals surface area contributed by atoms with Gasteiger partial charge in [-0.15, -0.1) is 0 Å². The van der Waals surface area contributed by atoms with Gasteiger partial charge in [-0.1, -0.05) is 11.6 Å². The second-order valence-electron chi connectivity index (χ2n) is 4.40. The highest BCUT2D eigenvalue weighted by molar-refractivity contribution is 6.34. The fourth-order valence-electron chi connectivity index (χ4n) is 1.86. The first-order chi connectivity index (χ1) is 9.99. The number of anilines is 1. The monoisotopic (exact) mass is 310 g/mol. The molecule has 2 aromatic rings. The van der Waals surface area contributed by atoms with E-state index in [9.17, 15) is 13.6 Å². The van der Waals surface area contributed by atoms with E-state index in [1.54, 1.807) is 18.2 Å². The largest absolute Gasteiger partial charge is 0.381 e. The average Bonchev–Trinajstić information content (AvgIpc) is 2.44. The maximum Gasteiger partial charge on any atom is 0.252 e. The topological polar surface area (TPSA) is 41.1 Å². The SMILES string of the molecule is CNC(=O)c1cc(NCc2cc(F)cc(F)c2)ccc1Cl. The number of hydrogen-bond acceptors (Lipinski definition) is 2. The van der Waals surface area contributed by atoms with Crippen molar-refractivity contribution in [1.82, 2.24) is 5.32 Å². The van der Waals surface area contributed by atoms with Crippen molar-refractivity contribution in [3.8, 4) is 0 Å². The average molecular weight is 311 g/mol. The van der Waals surface area contributed by atoms with Crippen molar-refractivity contribution in [2.75, 3.05) is 12.4 Å². The minimum absolute atomic E-state index is 0.226. The predicted octanol–water partition coefficient (Wildman–Crippen LogP) is 3.59. The van der Waals surface area contributed by atoms with Gasteiger partial charge in [0.25, 0.3) is 5.91 Å². The Bertz CT molecular complexity index is 656.